The zero-order valence-electron chi connectivity index (χ0n) is 30.7. The fourth-order valence-electron chi connectivity index (χ4n) is 6.74. The van der Waals surface area contributed by atoms with Gasteiger partial charge in [0.25, 0.3) is 0 Å². The zero-order chi connectivity index (χ0) is 36.7. The predicted molar refractivity (Wildman–Crippen MR) is 199 cm³/mol. The number of hydrogen-bond acceptors (Lipinski definition) is 8. The molecule has 0 aromatic carbocycles. The summed E-state index contributed by atoms with van der Waals surface area (Å²) in [4.78, 5) is 53.1. The number of alkyl halides is 1. The Morgan fingerprint density at radius 2 is 1.08 bits per heavy atom. The van der Waals surface area contributed by atoms with E-state index in [4.69, 9.17) is 35.8 Å². The van der Waals surface area contributed by atoms with Gasteiger partial charge in [0.15, 0.2) is 0 Å². The lowest BCUT2D eigenvalue weighted by Gasteiger charge is -2.08. The average Bonchev–Trinajstić information content (AvgIpc) is 3.74. The molecule has 0 spiro atoms. The summed E-state index contributed by atoms with van der Waals surface area (Å²) in [5.41, 5.74) is 15.8. The first-order valence-corrected chi connectivity index (χ1v) is 17.5. The van der Waals surface area contributed by atoms with Crippen LogP contribution in [0.2, 0.25) is 0 Å². The number of methoxy groups -OCH3 is 3. The standard InChI is InChI=1S/C39H49ClN4O6/c1-21-27(10-13-37(45)48-7)25(5)41-31(21)18-33-24(4)30(16-17-40)36(43-33)20-34-23(3)29(12-15-39(47)50-9)35(44-34)19-32-22(2)28(26(6)42-32)11-14-38(46)49-8/h18-19,41-42H,10-17,20H2,1-9H3/b33-18+,35-19-. The molecule has 0 saturated carbocycles. The maximum atomic E-state index is 12.2. The third-order valence-corrected chi connectivity index (χ3v) is 10.0. The third-order valence-electron chi connectivity index (χ3n) is 9.82. The molecule has 4 rings (SSSR count). The van der Waals surface area contributed by atoms with Crippen LogP contribution in [-0.2, 0) is 41.4 Å². The van der Waals surface area contributed by atoms with Crippen LogP contribution in [-0.4, -0.2) is 66.5 Å². The first-order chi connectivity index (χ1) is 23.8. The SMILES string of the molecule is COC(=O)CCC1=C(C)C(CC2=N/C(=C/c3[nH]c(C)c(CCC(=O)OC)c3C)C(C)=C2CCCl)=N/C1=C\c1[nH]c(C)c(CCC(=O)OC)c1C. The van der Waals surface area contributed by atoms with Crippen LogP contribution >= 0.6 is 11.6 Å². The molecule has 0 atom stereocenters. The molecule has 268 valence electrons. The predicted octanol–water partition coefficient (Wildman–Crippen LogP) is 7.68. The minimum Gasteiger partial charge on any atom is -0.469 e. The first kappa shape index (κ1) is 38.4. The largest absolute Gasteiger partial charge is 0.469 e. The molecule has 2 aliphatic rings. The van der Waals surface area contributed by atoms with E-state index >= 15 is 0 Å². The van der Waals surface area contributed by atoms with E-state index in [0.717, 1.165) is 90.1 Å². The summed E-state index contributed by atoms with van der Waals surface area (Å²) in [7, 11) is 4.20. The molecule has 0 saturated heterocycles. The van der Waals surface area contributed by atoms with Crippen LogP contribution in [0.3, 0.4) is 0 Å². The lowest BCUT2D eigenvalue weighted by molar-refractivity contribution is -0.141. The highest BCUT2D eigenvalue weighted by atomic mass is 35.5. The van der Waals surface area contributed by atoms with Gasteiger partial charge in [0.05, 0.1) is 44.1 Å². The number of allylic oxidation sites excluding steroid dienone is 4. The summed E-state index contributed by atoms with van der Waals surface area (Å²) in [6, 6.07) is 0. The fourth-order valence-corrected chi connectivity index (χ4v) is 6.93. The normalized spacial score (nSPS) is 16.1. The molecule has 2 aromatic rings. The van der Waals surface area contributed by atoms with Gasteiger partial charge in [-0.1, -0.05) is 0 Å². The number of rotatable bonds is 15. The maximum Gasteiger partial charge on any atom is 0.305 e. The average molecular weight is 705 g/mol. The Balaban J connectivity index is 1.70. The van der Waals surface area contributed by atoms with E-state index < -0.39 is 0 Å². The summed E-state index contributed by atoms with van der Waals surface area (Å²) in [5.74, 6) is -0.305. The van der Waals surface area contributed by atoms with E-state index in [-0.39, 0.29) is 24.3 Å². The molecule has 2 aromatic heterocycles. The molecule has 0 fully saturated rings. The number of aromatic nitrogens is 2. The Morgan fingerprint density at radius 3 is 1.56 bits per heavy atom. The van der Waals surface area contributed by atoms with Crippen LogP contribution in [0, 0.1) is 27.7 Å². The number of carbonyl (C=O) groups excluding carboxylic acids is 3. The molecule has 11 heteroatoms. The Kier molecular flexibility index (Phi) is 13.0. The molecule has 2 aliphatic heterocycles. The first-order valence-electron chi connectivity index (χ1n) is 16.9. The molecule has 0 aliphatic carbocycles. The van der Waals surface area contributed by atoms with Crippen molar-refractivity contribution in [2.24, 2.45) is 9.98 Å². The maximum absolute atomic E-state index is 12.2. The number of esters is 3. The number of nitrogens with one attached hydrogen (secondary N) is 2. The number of hydrogen-bond donors (Lipinski definition) is 2. The lowest BCUT2D eigenvalue weighted by atomic mass is 9.95. The number of H-pyrrole nitrogens is 2. The van der Waals surface area contributed by atoms with Crippen LogP contribution in [0.4, 0.5) is 0 Å². The minimum absolute atomic E-state index is 0.233. The number of carbonyl (C=O) groups is 3. The van der Waals surface area contributed by atoms with Gasteiger partial charge >= 0.3 is 17.9 Å². The zero-order valence-corrected chi connectivity index (χ0v) is 31.5. The monoisotopic (exact) mass is 704 g/mol. The Bertz CT molecular complexity index is 1860. The highest BCUT2D eigenvalue weighted by molar-refractivity contribution is 6.22. The number of aliphatic imine (C=N–C) groups is 2. The Labute approximate surface area is 299 Å². The fraction of sp³-hybridized carbons (Fsp3) is 0.462. The topological polar surface area (TPSA) is 135 Å². The van der Waals surface area contributed by atoms with Crippen LogP contribution in [0.1, 0.15) is 97.4 Å². The van der Waals surface area contributed by atoms with Gasteiger partial charge in [-0.3, -0.25) is 24.4 Å². The van der Waals surface area contributed by atoms with E-state index in [1.807, 2.05) is 33.8 Å². The summed E-state index contributed by atoms with van der Waals surface area (Å²) >= 11 is 6.31. The van der Waals surface area contributed by atoms with Gasteiger partial charge in [0.1, 0.15) is 0 Å². The van der Waals surface area contributed by atoms with Crippen molar-refractivity contribution >= 4 is 53.1 Å². The van der Waals surface area contributed by atoms with Gasteiger partial charge in [-0.25, -0.2) is 0 Å². The van der Waals surface area contributed by atoms with Crippen molar-refractivity contribution in [2.45, 2.75) is 92.9 Å². The summed E-state index contributed by atoms with van der Waals surface area (Å²) in [5, 5.41) is 0. The molecular weight excluding hydrogens is 656 g/mol. The number of ether oxygens (including phenoxy) is 3. The van der Waals surface area contributed by atoms with Crippen LogP contribution in [0.5, 0.6) is 0 Å². The van der Waals surface area contributed by atoms with E-state index in [9.17, 15) is 14.4 Å². The van der Waals surface area contributed by atoms with Crippen molar-refractivity contribution < 1.29 is 28.6 Å². The van der Waals surface area contributed by atoms with Gasteiger partial charge in [-0.15, -0.1) is 11.6 Å². The molecule has 2 N–H and O–H groups in total. The summed E-state index contributed by atoms with van der Waals surface area (Å²) < 4.78 is 14.6. The van der Waals surface area contributed by atoms with Gasteiger partial charge in [0.2, 0.25) is 0 Å². The van der Waals surface area contributed by atoms with Crippen LogP contribution < -0.4 is 0 Å². The molecular formula is C39H49ClN4O6. The van der Waals surface area contributed by atoms with Gasteiger partial charge in [-0.2, -0.15) is 0 Å². The molecule has 4 heterocycles. The molecule has 0 amide bonds. The molecule has 10 nitrogen and oxygen atoms in total. The highest BCUT2D eigenvalue weighted by Crippen LogP contribution is 2.37. The van der Waals surface area contributed by atoms with E-state index in [0.29, 0.717) is 50.8 Å². The molecule has 0 unspecified atom stereocenters. The minimum atomic E-state index is -0.281. The van der Waals surface area contributed by atoms with Gasteiger partial charge < -0.3 is 24.2 Å². The van der Waals surface area contributed by atoms with E-state index in [1.165, 1.54) is 21.3 Å². The Hall–Kier alpha value is -4.44. The second-order valence-electron chi connectivity index (χ2n) is 12.8. The van der Waals surface area contributed by atoms with Crippen LogP contribution in [0.25, 0.3) is 12.2 Å². The Morgan fingerprint density at radius 1 is 0.620 bits per heavy atom. The van der Waals surface area contributed by atoms with Crippen molar-refractivity contribution in [3.63, 3.8) is 0 Å². The molecule has 50 heavy (non-hydrogen) atoms. The van der Waals surface area contributed by atoms with Crippen molar-refractivity contribution in [1.29, 1.82) is 0 Å². The number of aryl methyl sites for hydroxylation is 2. The van der Waals surface area contributed by atoms with E-state index in [1.54, 1.807) is 0 Å². The van der Waals surface area contributed by atoms with Gasteiger partial charge in [0, 0.05) is 54.3 Å². The molecule has 0 radical (unpaired) electrons. The number of nitrogens with zero attached hydrogens (tertiary/aromatic N) is 2. The quantitative estimate of drug-likeness (QED) is 0.111. The summed E-state index contributed by atoms with van der Waals surface area (Å²) in [6.45, 7) is 12.2. The van der Waals surface area contributed by atoms with Crippen molar-refractivity contribution in [1.82, 2.24) is 9.97 Å². The number of aromatic amines is 2. The van der Waals surface area contributed by atoms with Crippen molar-refractivity contribution in [3.05, 3.63) is 78.7 Å². The highest BCUT2D eigenvalue weighted by Gasteiger charge is 2.28. The van der Waals surface area contributed by atoms with Crippen molar-refractivity contribution in [3.8, 4) is 0 Å². The lowest BCUT2D eigenvalue weighted by Crippen LogP contribution is -2.10. The van der Waals surface area contributed by atoms with Crippen LogP contribution in [0.15, 0.2) is 43.7 Å². The smallest absolute Gasteiger partial charge is 0.305 e. The number of halogens is 1. The third kappa shape index (κ3) is 8.64. The second kappa shape index (κ2) is 17.0. The van der Waals surface area contributed by atoms with E-state index in [2.05, 4.69) is 29.9 Å². The van der Waals surface area contributed by atoms with Gasteiger partial charge in [-0.05, 0) is 124 Å². The summed E-state index contributed by atoms with van der Waals surface area (Å²) in [6.07, 6.45) is 7.78. The second-order valence-corrected chi connectivity index (χ2v) is 13.1. The van der Waals surface area contributed by atoms with Crippen molar-refractivity contribution in [2.75, 3.05) is 27.2 Å². The molecule has 0 bridgehead atoms.